The zero-order valence-corrected chi connectivity index (χ0v) is 15.5. The normalized spacial score (nSPS) is 12.4. The van der Waals surface area contributed by atoms with E-state index in [0.717, 1.165) is 0 Å². The molecule has 1 atom stereocenters. The van der Waals surface area contributed by atoms with Gasteiger partial charge in [0.1, 0.15) is 0 Å². The molecule has 0 fully saturated rings. The highest BCUT2D eigenvalue weighted by molar-refractivity contribution is 6.32. The van der Waals surface area contributed by atoms with Crippen LogP contribution < -0.4 is 20.5 Å². The molecule has 0 radical (unpaired) electrons. The van der Waals surface area contributed by atoms with Gasteiger partial charge in [-0.05, 0) is 35.4 Å². The van der Waals surface area contributed by atoms with Gasteiger partial charge in [-0.25, -0.2) is 0 Å². The summed E-state index contributed by atoms with van der Waals surface area (Å²) in [6.45, 7) is -0.0723. The fourth-order valence-corrected chi connectivity index (χ4v) is 2.62. The summed E-state index contributed by atoms with van der Waals surface area (Å²) >= 11 is 6.16. The van der Waals surface area contributed by atoms with Gasteiger partial charge >= 0.3 is 6.18 Å². The van der Waals surface area contributed by atoms with Gasteiger partial charge in [0.05, 0.1) is 12.1 Å². The van der Waals surface area contributed by atoms with Crippen LogP contribution in [-0.4, -0.2) is 30.9 Å². The second-order valence-corrected chi connectivity index (χ2v) is 6.19. The van der Waals surface area contributed by atoms with Crippen LogP contribution in [0.15, 0.2) is 36.4 Å². The van der Waals surface area contributed by atoms with Crippen LogP contribution in [0.25, 0.3) is 0 Å². The van der Waals surface area contributed by atoms with E-state index in [1.807, 2.05) is 0 Å². The van der Waals surface area contributed by atoms with Gasteiger partial charge in [-0.15, -0.1) is 0 Å². The number of ether oxygens (including phenoxy) is 2. The molecule has 6 nitrogen and oxygen atoms in total. The number of hydrogen-bond acceptors (Lipinski definition) is 5. The first-order valence-electron chi connectivity index (χ1n) is 7.98. The first kappa shape index (κ1) is 21.6. The van der Waals surface area contributed by atoms with E-state index in [-0.39, 0.29) is 29.5 Å². The van der Waals surface area contributed by atoms with Crippen LogP contribution >= 0.6 is 11.6 Å². The van der Waals surface area contributed by atoms with Crippen LogP contribution in [0.5, 0.6) is 11.5 Å². The Morgan fingerprint density at radius 3 is 2.46 bits per heavy atom. The molecule has 4 N–H and O–H groups in total. The van der Waals surface area contributed by atoms with Gasteiger partial charge in [0.2, 0.25) is 0 Å². The molecule has 2 aromatic rings. The number of aliphatic hydroxyl groups is 1. The number of carbonyl (C=O) groups is 1. The minimum Gasteiger partial charge on any atom is -0.493 e. The molecule has 2 rings (SSSR count). The molecule has 0 aliphatic heterocycles. The fourth-order valence-electron chi connectivity index (χ4n) is 2.34. The van der Waals surface area contributed by atoms with Gasteiger partial charge in [-0.1, -0.05) is 23.7 Å². The average molecular weight is 419 g/mol. The Balaban J connectivity index is 2.08. The minimum absolute atomic E-state index is 0.178. The van der Waals surface area contributed by atoms with Crippen molar-refractivity contribution >= 4 is 23.2 Å². The maximum atomic E-state index is 12.5. The molecule has 0 aliphatic rings. The van der Waals surface area contributed by atoms with Crippen molar-refractivity contribution < 1.29 is 32.5 Å². The lowest BCUT2D eigenvalue weighted by atomic mass is 10.1. The van der Waals surface area contributed by atoms with Crippen molar-refractivity contribution in [3.8, 4) is 11.5 Å². The van der Waals surface area contributed by atoms with Crippen molar-refractivity contribution in [2.75, 3.05) is 19.0 Å². The monoisotopic (exact) mass is 418 g/mol. The molecule has 10 heteroatoms. The maximum absolute atomic E-state index is 12.5. The van der Waals surface area contributed by atoms with Gasteiger partial charge in [-0.2, -0.15) is 13.2 Å². The summed E-state index contributed by atoms with van der Waals surface area (Å²) in [7, 11) is 1.41. The largest absolute Gasteiger partial charge is 0.493 e. The first-order chi connectivity index (χ1) is 13.1. The number of benzene rings is 2. The van der Waals surface area contributed by atoms with Crippen LogP contribution in [0.4, 0.5) is 18.9 Å². The Bertz CT molecular complexity index is 829. The van der Waals surface area contributed by atoms with E-state index in [2.05, 4.69) is 5.32 Å². The second-order valence-electron chi connectivity index (χ2n) is 5.78. The van der Waals surface area contributed by atoms with Crippen LogP contribution in [0.3, 0.4) is 0 Å². The molecule has 0 saturated carbocycles. The molecule has 0 saturated heterocycles. The SMILES string of the molecule is COc1cc(CNc2ccc(C(O)C(F)(F)F)cc2)cc(Cl)c1OCC(N)=O. The minimum atomic E-state index is -4.72. The Morgan fingerprint density at radius 2 is 1.93 bits per heavy atom. The Hall–Kier alpha value is -2.65. The van der Waals surface area contributed by atoms with Gasteiger partial charge in [0, 0.05) is 12.2 Å². The Labute approximate surface area is 164 Å². The Kier molecular flexibility index (Phi) is 6.98. The highest BCUT2D eigenvalue weighted by Crippen LogP contribution is 2.37. The predicted octanol–water partition coefficient (Wildman–Crippen LogP) is 3.42. The molecule has 0 aliphatic carbocycles. The summed E-state index contributed by atoms with van der Waals surface area (Å²) in [6.07, 6.45) is -7.25. The van der Waals surface area contributed by atoms with E-state index in [1.54, 1.807) is 12.1 Å². The third-order valence-electron chi connectivity index (χ3n) is 3.68. The van der Waals surface area contributed by atoms with Crippen LogP contribution in [0.1, 0.15) is 17.2 Å². The third-order valence-corrected chi connectivity index (χ3v) is 3.96. The van der Waals surface area contributed by atoms with Gasteiger partial charge < -0.3 is 25.6 Å². The quantitative estimate of drug-likeness (QED) is 0.610. The first-order valence-corrected chi connectivity index (χ1v) is 8.35. The van der Waals surface area contributed by atoms with Crippen molar-refractivity contribution in [1.82, 2.24) is 0 Å². The predicted molar refractivity (Wildman–Crippen MR) is 97.5 cm³/mol. The van der Waals surface area contributed by atoms with E-state index in [9.17, 15) is 23.1 Å². The fraction of sp³-hybridized carbons (Fsp3) is 0.278. The van der Waals surface area contributed by atoms with Crippen molar-refractivity contribution in [2.45, 2.75) is 18.8 Å². The molecule has 0 aromatic heterocycles. The van der Waals surface area contributed by atoms with Crippen molar-refractivity contribution in [1.29, 1.82) is 0 Å². The summed E-state index contributed by atoms with van der Waals surface area (Å²) in [5.41, 5.74) is 6.04. The van der Waals surface area contributed by atoms with E-state index >= 15 is 0 Å². The standard InChI is InChI=1S/C18H18ClF3N2O4/c1-27-14-7-10(6-13(19)16(14)28-9-15(23)25)8-24-12-4-2-11(3-5-12)17(26)18(20,21)22/h2-7,17,24,26H,8-9H2,1H3,(H2,23,25). The van der Waals surface area contributed by atoms with E-state index < -0.39 is 18.2 Å². The summed E-state index contributed by atoms with van der Waals surface area (Å²) in [5.74, 6) is -0.186. The molecule has 0 heterocycles. The summed E-state index contributed by atoms with van der Waals surface area (Å²) in [6, 6.07) is 8.46. The summed E-state index contributed by atoms with van der Waals surface area (Å²) in [4.78, 5) is 10.9. The highest BCUT2D eigenvalue weighted by atomic mass is 35.5. The van der Waals surface area contributed by atoms with E-state index in [0.29, 0.717) is 17.0 Å². The number of primary amides is 1. The van der Waals surface area contributed by atoms with Gasteiger partial charge in [0.25, 0.3) is 5.91 Å². The highest BCUT2D eigenvalue weighted by Gasteiger charge is 2.39. The lowest BCUT2D eigenvalue weighted by Gasteiger charge is -2.16. The number of amides is 1. The molecular formula is C18H18ClF3N2O4. The van der Waals surface area contributed by atoms with E-state index in [1.165, 1.54) is 31.4 Å². The molecule has 1 amide bonds. The number of nitrogens with two attached hydrogens (primary N) is 1. The van der Waals surface area contributed by atoms with Crippen LogP contribution in [-0.2, 0) is 11.3 Å². The van der Waals surface area contributed by atoms with E-state index in [4.69, 9.17) is 26.8 Å². The van der Waals surface area contributed by atoms with Crippen molar-refractivity contribution in [2.24, 2.45) is 5.73 Å². The molecule has 0 spiro atoms. The molecule has 0 bridgehead atoms. The molecular weight excluding hydrogens is 401 g/mol. The smallest absolute Gasteiger partial charge is 0.418 e. The number of carbonyl (C=O) groups excluding carboxylic acids is 1. The number of aliphatic hydroxyl groups excluding tert-OH is 1. The third kappa shape index (κ3) is 5.67. The number of methoxy groups -OCH3 is 1. The number of alkyl halides is 3. The van der Waals surface area contributed by atoms with Crippen molar-refractivity contribution in [3.63, 3.8) is 0 Å². The second kappa shape index (κ2) is 9.03. The summed E-state index contributed by atoms with van der Waals surface area (Å²) in [5, 5.41) is 12.5. The zero-order valence-electron chi connectivity index (χ0n) is 14.7. The van der Waals surface area contributed by atoms with Gasteiger partial charge in [-0.3, -0.25) is 4.79 Å². The van der Waals surface area contributed by atoms with Crippen LogP contribution in [0, 0.1) is 0 Å². The lowest BCUT2D eigenvalue weighted by molar-refractivity contribution is -0.206. The number of rotatable bonds is 8. The van der Waals surface area contributed by atoms with Crippen LogP contribution in [0.2, 0.25) is 5.02 Å². The topological polar surface area (TPSA) is 93.8 Å². The van der Waals surface area contributed by atoms with Crippen molar-refractivity contribution in [3.05, 3.63) is 52.5 Å². The molecule has 28 heavy (non-hydrogen) atoms. The number of anilines is 1. The Morgan fingerprint density at radius 1 is 1.29 bits per heavy atom. The molecule has 2 aromatic carbocycles. The molecule has 1 unspecified atom stereocenters. The van der Waals surface area contributed by atoms with Gasteiger partial charge in [0.15, 0.2) is 24.2 Å². The average Bonchev–Trinajstić information content (AvgIpc) is 2.64. The number of hydrogen-bond donors (Lipinski definition) is 3. The lowest BCUT2D eigenvalue weighted by Crippen LogP contribution is -2.20. The maximum Gasteiger partial charge on any atom is 0.418 e. The number of halogens is 4. The zero-order chi connectivity index (χ0) is 20.9. The summed E-state index contributed by atoms with van der Waals surface area (Å²) < 4.78 is 48.0. The molecule has 152 valence electrons. The number of nitrogens with one attached hydrogen (secondary N) is 1.